The summed E-state index contributed by atoms with van der Waals surface area (Å²) in [6, 6.07) is 2.13. The van der Waals surface area contributed by atoms with E-state index in [1.165, 1.54) is 5.69 Å². The van der Waals surface area contributed by atoms with Gasteiger partial charge in [0.05, 0.1) is 0 Å². The summed E-state index contributed by atoms with van der Waals surface area (Å²) in [5, 5.41) is 3.36. The molecule has 1 saturated heterocycles. The smallest absolute Gasteiger partial charge is 0.115 e. The highest BCUT2D eigenvalue weighted by atomic mass is 15.2. The monoisotopic (exact) mass is 220 g/mol. The molecule has 1 aliphatic rings. The van der Waals surface area contributed by atoms with E-state index in [0.29, 0.717) is 0 Å². The number of piperazine rings is 1. The molecule has 4 heteroatoms. The third-order valence-electron chi connectivity index (χ3n) is 3.04. The molecule has 1 aromatic heterocycles. The lowest BCUT2D eigenvalue weighted by atomic mass is 10.2. The molecule has 0 atom stereocenters. The van der Waals surface area contributed by atoms with E-state index in [4.69, 9.17) is 0 Å². The quantitative estimate of drug-likeness (QED) is 0.801. The van der Waals surface area contributed by atoms with Crippen molar-refractivity contribution in [3.63, 3.8) is 0 Å². The van der Waals surface area contributed by atoms with Crippen molar-refractivity contribution in [3.05, 3.63) is 23.8 Å². The van der Waals surface area contributed by atoms with Crippen molar-refractivity contribution in [2.45, 2.75) is 19.8 Å². The van der Waals surface area contributed by atoms with Gasteiger partial charge in [0.1, 0.15) is 6.33 Å². The van der Waals surface area contributed by atoms with Crippen molar-refractivity contribution in [2.75, 3.05) is 32.7 Å². The maximum atomic E-state index is 4.32. The Bertz CT molecular complexity index is 321. The summed E-state index contributed by atoms with van der Waals surface area (Å²) in [5.41, 5.74) is 2.32. The van der Waals surface area contributed by atoms with Gasteiger partial charge in [0.15, 0.2) is 0 Å². The zero-order valence-corrected chi connectivity index (χ0v) is 9.95. The summed E-state index contributed by atoms with van der Waals surface area (Å²) in [7, 11) is 0. The molecule has 0 saturated carbocycles. The molecule has 0 spiro atoms. The lowest BCUT2D eigenvalue weighted by Crippen LogP contribution is -2.44. The molecule has 88 valence electrons. The SMILES string of the molecule is CCc1cc(CCN2CCNCC2)ncn1. The van der Waals surface area contributed by atoms with Crippen LogP contribution in [0.4, 0.5) is 0 Å². The predicted molar refractivity (Wildman–Crippen MR) is 64.4 cm³/mol. The van der Waals surface area contributed by atoms with Crippen molar-refractivity contribution >= 4 is 0 Å². The van der Waals surface area contributed by atoms with Crippen LogP contribution >= 0.6 is 0 Å². The zero-order valence-electron chi connectivity index (χ0n) is 9.95. The minimum atomic E-state index is 0.989. The van der Waals surface area contributed by atoms with Gasteiger partial charge in [-0.1, -0.05) is 6.92 Å². The Labute approximate surface area is 97.1 Å². The van der Waals surface area contributed by atoms with Gasteiger partial charge in [-0.2, -0.15) is 0 Å². The molecule has 2 rings (SSSR count). The molecule has 1 aromatic rings. The molecule has 1 aliphatic heterocycles. The molecule has 2 heterocycles. The van der Waals surface area contributed by atoms with Gasteiger partial charge in [0.25, 0.3) is 0 Å². The zero-order chi connectivity index (χ0) is 11.2. The molecule has 0 amide bonds. The Kier molecular flexibility index (Phi) is 4.25. The van der Waals surface area contributed by atoms with Crippen LogP contribution in [0.1, 0.15) is 18.3 Å². The molecule has 0 aliphatic carbocycles. The highest BCUT2D eigenvalue weighted by Gasteiger charge is 2.09. The second-order valence-electron chi connectivity index (χ2n) is 4.20. The third kappa shape index (κ3) is 3.25. The van der Waals surface area contributed by atoms with Gasteiger partial charge in [0, 0.05) is 50.5 Å². The summed E-state index contributed by atoms with van der Waals surface area (Å²) in [5.74, 6) is 0. The van der Waals surface area contributed by atoms with Crippen LogP contribution < -0.4 is 5.32 Å². The summed E-state index contributed by atoms with van der Waals surface area (Å²) in [4.78, 5) is 11.0. The first-order valence-corrected chi connectivity index (χ1v) is 6.11. The lowest BCUT2D eigenvalue weighted by molar-refractivity contribution is 0.243. The first-order valence-electron chi connectivity index (χ1n) is 6.11. The summed E-state index contributed by atoms with van der Waals surface area (Å²) >= 11 is 0. The van der Waals surface area contributed by atoms with E-state index in [0.717, 1.165) is 51.3 Å². The van der Waals surface area contributed by atoms with Crippen molar-refractivity contribution in [2.24, 2.45) is 0 Å². The molecular formula is C12H20N4. The first kappa shape index (κ1) is 11.5. The molecule has 0 unspecified atom stereocenters. The maximum absolute atomic E-state index is 4.32. The molecule has 4 nitrogen and oxygen atoms in total. The molecule has 0 radical (unpaired) electrons. The number of nitrogens with one attached hydrogen (secondary N) is 1. The minimum absolute atomic E-state index is 0.989. The number of rotatable bonds is 4. The van der Waals surface area contributed by atoms with E-state index in [9.17, 15) is 0 Å². The molecular weight excluding hydrogens is 200 g/mol. The third-order valence-corrected chi connectivity index (χ3v) is 3.04. The van der Waals surface area contributed by atoms with E-state index < -0.39 is 0 Å². The number of nitrogens with zero attached hydrogens (tertiary/aromatic N) is 3. The largest absolute Gasteiger partial charge is 0.314 e. The average molecular weight is 220 g/mol. The van der Waals surface area contributed by atoms with Crippen molar-refractivity contribution < 1.29 is 0 Å². The van der Waals surface area contributed by atoms with Gasteiger partial charge in [-0.15, -0.1) is 0 Å². The molecule has 0 aromatic carbocycles. The second-order valence-corrected chi connectivity index (χ2v) is 4.20. The van der Waals surface area contributed by atoms with Gasteiger partial charge in [0.2, 0.25) is 0 Å². The minimum Gasteiger partial charge on any atom is -0.314 e. The Hall–Kier alpha value is -1.00. The van der Waals surface area contributed by atoms with Crippen LogP contribution in [0.5, 0.6) is 0 Å². The molecule has 0 bridgehead atoms. The molecule has 1 fully saturated rings. The van der Waals surface area contributed by atoms with Gasteiger partial charge in [-0.3, -0.25) is 0 Å². The van der Waals surface area contributed by atoms with Crippen LogP contribution in [-0.2, 0) is 12.8 Å². The maximum Gasteiger partial charge on any atom is 0.115 e. The van der Waals surface area contributed by atoms with Gasteiger partial charge in [-0.25, -0.2) is 9.97 Å². The Morgan fingerprint density at radius 1 is 1.25 bits per heavy atom. The van der Waals surface area contributed by atoms with Crippen LogP contribution in [0.15, 0.2) is 12.4 Å². The highest BCUT2D eigenvalue weighted by Crippen LogP contribution is 2.02. The first-order chi connectivity index (χ1) is 7.88. The van der Waals surface area contributed by atoms with Crippen LogP contribution in [0.2, 0.25) is 0 Å². The Morgan fingerprint density at radius 3 is 2.75 bits per heavy atom. The van der Waals surface area contributed by atoms with Crippen molar-refractivity contribution in [3.8, 4) is 0 Å². The van der Waals surface area contributed by atoms with Gasteiger partial charge in [-0.05, 0) is 12.5 Å². The van der Waals surface area contributed by atoms with Crippen LogP contribution in [0.3, 0.4) is 0 Å². The van der Waals surface area contributed by atoms with E-state index in [2.05, 4.69) is 33.2 Å². The number of hydrogen-bond acceptors (Lipinski definition) is 4. The number of aromatic nitrogens is 2. The van der Waals surface area contributed by atoms with E-state index in [1.807, 2.05) is 0 Å². The van der Waals surface area contributed by atoms with E-state index >= 15 is 0 Å². The molecule has 1 N–H and O–H groups in total. The van der Waals surface area contributed by atoms with Crippen molar-refractivity contribution in [1.82, 2.24) is 20.2 Å². The highest BCUT2D eigenvalue weighted by molar-refractivity contribution is 5.08. The normalized spacial score (nSPS) is 17.6. The van der Waals surface area contributed by atoms with Gasteiger partial charge >= 0.3 is 0 Å². The summed E-state index contributed by atoms with van der Waals surface area (Å²) in [6.07, 6.45) is 3.71. The summed E-state index contributed by atoms with van der Waals surface area (Å²) < 4.78 is 0. The second kappa shape index (κ2) is 5.92. The summed E-state index contributed by atoms with van der Waals surface area (Å²) in [6.45, 7) is 7.79. The number of aryl methyl sites for hydroxylation is 1. The lowest BCUT2D eigenvalue weighted by Gasteiger charge is -2.26. The predicted octanol–water partition coefficient (Wildman–Crippen LogP) is 0.487. The standard InChI is InChI=1S/C12H20N4/c1-2-11-9-12(15-10-14-11)3-6-16-7-4-13-5-8-16/h9-10,13H,2-8H2,1H3. The fraction of sp³-hybridized carbons (Fsp3) is 0.667. The Morgan fingerprint density at radius 2 is 2.00 bits per heavy atom. The van der Waals surface area contributed by atoms with E-state index in [1.54, 1.807) is 6.33 Å². The van der Waals surface area contributed by atoms with Crippen LogP contribution in [0, 0.1) is 0 Å². The average Bonchev–Trinajstić information content (AvgIpc) is 2.38. The molecule has 16 heavy (non-hydrogen) atoms. The van der Waals surface area contributed by atoms with Crippen molar-refractivity contribution in [1.29, 1.82) is 0 Å². The van der Waals surface area contributed by atoms with Crippen LogP contribution in [-0.4, -0.2) is 47.6 Å². The van der Waals surface area contributed by atoms with Crippen LogP contribution in [0.25, 0.3) is 0 Å². The van der Waals surface area contributed by atoms with E-state index in [-0.39, 0.29) is 0 Å². The fourth-order valence-corrected chi connectivity index (χ4v) is 1.98. The van der Waals surface area contributed by atoms with Gasteiger partial charge < -0.3 is 10.2 Å². The Balaban J connectivity index is 1.83. The number of hydrogen-bond donors (Lipinski definition) is 1. The fourth-order valence-electron chi connectivity index (χ4n) is 1.98. The topological polar surface area (TPSA) is 41.0 Å².